The van der Waals surface area contributed by atoms with E-state index in [0.29, 0.717) is 46.4 Å². The average Bonchev–Trinajstić information content (AvgIpc) is 3.32. The van der Waals surface area contributed by atoms with Crippen molar-refractivity contribution >= 4 is 39.2 Å². The second-order valence-electron chi connectivity index (χ2n) is 8.55. The number of amides is 1. The molecule has 4 heterocycles. The zero-order valence-corrected chi connectivity index (χ0v) is 18.5. The summed E-state index contributed by atoms with van der Waals surface area (Å²) in [5.41, 5.74) is 15.9. The van der Waals surface area contributed by atoms with Gasteiger partial charge in [0.1, 0.15) is 15.2 Å². The first kappa shape index (κ1) is 21.0. The molecule has 3 aromatic rings. The largest absolute Gasteiger partial charge is 0.396 e. The van der Waals surface area contributed by atoms with Gasteiger partial charge in [0.05, 0.1) is 18.1 Å². The Morgan fingerprint density at radius 3 is 2.94 bits per heavy atom. The molecular weight excluding hydrogens is 431 g/mol. The molecule has 0 radical (unpaired) electrons. The van der Waals surface area contributed by atoms with E-state index >= 15 is 0 Å². The molecule has 0 bridgehead atoms. The molecule has 0 spiro atoms. The van der Waals surface area contributed by atoms with Crippen molar-refractivity contribution < 1.29 is 9.18 Å². The summed E-state index contributed by atoms with van der Waals surface area (Å²) in [5.74, 6) is 0.218. The smallest absolute Gasteiger partial charge is 0.263 e. The predicted molar refractivity (Wildman–Crippen MR) is 122 cm³/mol. The van der Waals surface area contributed by atoms with Crippen molar-refractivity contribution in [2.75, 3.05) is 30.4 Å². The zero-order chi connectivity index (χ0) is 22.4. The van der Waals surface area contributed by atoms with Crippen LogP contribution in [0.2, 0.25) is 0 Å². The van der Waals surface area contributed by atoms with Crippen molar-refractivity contribution in [3.8, 4) is 0 Å². The number of rotatable bonds is 4. The van der Waals surface area contributed by atoms with Gasteiger partial charge < -0.3 is 21.7 Å². The van der Waals surface area contributed by atoms with Crippen LogP contribution in [0.25, 0.3) is 10.3 Å². The van der Waals surface area contributed by atoms with Crippen LogP contribution in [-0.4, -0.2) is 57.7 Å². The molecule has 0 aromatic carbocycles. The lowest BCUT2D eigenvalue weighted by Gasteiger charge is -2.26. The van der Waals surface area contributed by atoms with Crippen LogP contribution in [0, 0.1) is 12.8 Å². The molecule has 2 aliphatic rings. The molecule has 1 aliphatic heterocycles. The average molecular weight is 457 g/mol. The Bertz CT molecular complexity index is 1180. The van der Waals surface area contributed by atoms with Crippen molar-refractivity contribution in [3.05, 3.63) is 34.2 Å². The summed E-state index contributed by atoms with van der Waals surface area (Å²) in [4.78, 5) is 33.9. The lowest BCUT2D eigenvalue weighted by atomic mass is 9.93. The number of carbonyl (C=O) groups excluding carboxylic acids is 1. The number of fused-ring (bicyclic) bond motifs is 2. The zero-order valence-electron chi connectivity index (χ0n) is 17.7. The standard InChI is InChI=1S/C21H25FN8OS/c1-10-6-25-17-16(24)18(32-20(17)27-10)19(31)28-13-2-3-15-11(4-13)7-26-21(29-15)30-8-12(5-22)14(23)9-30/h6-7,12-14H,2-5,8-9,23-24H2,1H3,(H,28,31). The summed E-state index contributed by atoms with van der Waals surface area (Å²) < 4.78 is 13.1. The highest BCUT2D eigenvalue weighted by Crippen LogP contribution is 2.31. The fraction of sp³-hybridized carbons (Fsp3) is 0.476. The van der Waals surface area contributed by atoms with Crippen molar-refractivity contribution in [1.82, 2.24) is 25.3 Å². The first-order valence-corrected chi connectivity index (χ1v) is 11.5. The molecule has 5 N–H and O–H groups in total. The number of aryl methyl sites for hydroxylation is 2. The van der Waals surface area contributed by atoms with Crippen LogP contribution in [0.5, 0.6) is 0 Å². The normalized spacial score (nSPS) is 22.8. The minimum absolute atomic E-state index is 0.0344. The van der Waals surface area contributed by atoms with E-state index in [1.54, 1.807) is 6.20 Å². The summed E-state index contributed by atoms with van der Waals surface area (Å²) in [6.45, 7) is 2.52. The summed E-state index contributed by atoms with van der Waals surface area (Å²) in [6, 6.07) is -0.234. The Morgan fingerprint density at radius 1 is 1.31 bits per heavy atom. The number of halogens is 1. The fourth-order valence-electron chi connectivity index (χ4n) is 4.39. The molecule has 5 rings (SSSR count). The van der Waals surface area contributed by atoms with Crippen LogP contribution in [0.4, 0.5) is 16.0 Å². The number of aromatic nitrogens is 4. The van der Waals surface area contributed by atoms with E-state index in [1.807, 2.05) is 18.0 Å². The van der Waals surface area contributed by atoms with Gasteiger partial charge in [-0.1, -0.05) is 0 Å². The van der Waals surface area contributed by atoms with Crippen molar-refractivity contribution in [2.45, 2.75) is 38.3 Å². The molecule has 32 heavy (non-hydrogen) atoms. The van der Waals surface area contributed by atoms with Gasteiger partial charge in [0.2, 0.25) is 5.95 Å². The molecule has 1 fully saturated rings. The van der Waals surface area contributed by atoms with E-state index in [2.05, 4.69) is 20.3 Å². The Hall–Kier alpha value is -2.92. The molecule has 1 saturated heterocycles. The Kier molecular flexibility index (Phi) is 5.38. The van der Waals surface area contributed by atoms with E-state index in [4.69, 9.17) is 16.5 Å². The van der Waals surface area contributed by atoms with E-state index in [1.165, 1.54) is 11.3 Å². The third kappa shape index (κ3) is 3.75. The Morgan fingerprint density at radius 2 is 2.16 bits per heavy atom. The number of anilines is 2. The summed E-state index contributed by atoms with van der Waals surface area (Å²) in [5, 5.41) is 3.09. The number of hydrogen-bond donors (Lipinski definition) is 3. The first-order chi connectivity index (χ1) is 15.4. The highest BCUT2D eigenvalue weighted by molar-refractivity contribution is 7.21. The van der Waals surface area contributed by atoms with Crippen LogP contribution in [-0.2, 0) is 12.8 Å². The van der Waals surface area contributed by atoms with Gasteiger partial charge in [-0.2, -0.15) is 0 Å². The van der Waals surface area contributed by atoms with Gasteiger partial charge in [-0.25, -0.2) is 19.9 Å². The van der Waals surface area contributed by atoms with Gasteiger partial charge in [0.15, 0.2) is 0 Å². The maximum atomic E-state index is 13.1. The van der Waals surface area contributed by atoms with Crippen molar-refractivity contribution in [3.63, 3.8) is 0 Å². The Labute approximate surface area is 188 Å². The van der Waals surface area contributed by atoms with Crippen LogP contribution in [0.15, 0.2) is 12.4 Å². The number of nitrogens with zero attached hydrogens (tertiary/aromatic N) is 5. The monoisotopic (exact) mass is 456 g/mol. The maximum absolute atomic E-state index is 13.1. The number of hydrogen-bond acceptors (Lipinski definition) is 9. The molecule has 168 valence electrons. The van der Waals surface area contributed by atoms with E-state index < -0.39 is 6.67 Å². The Balaban J connectivity index is 1.28. The fourth-order valence-corrected chi connectivity index (χ4v) is 5.39. The SMILES string of the molecule is Cc1cnc2c(N)c(C(=O)NC3CCc4nc(N5CC(N)C(CF)C5)ncc4C3)sc2n1. The number of nitrogen functional groups attached to an aromatic ring is 1. The van der Waals surface area contributed by atoms with Gasteiger partial charge in [-0.15, -0.1) is 11.3 Å². The quantitative estimate of drug-likeness (QED) is 0.536. The van der Waals surface area contributed by atoms with E-state index in [-0.39, 0.29) is 23.9 Å². The maximum Gasteiger partial charge on any atom is 0.263 e. The summed E-state index contributed by atoms with van der Waals surface area (Å²) >= 11 is 1.26. The van der Waals surface area contributed by atoms with Gasteiger partial charge in [0, 0.05) is 49.2 Å². The highest BCUT2D eigenvalue weighted by atomic mass is 32.1. The van der Waals surface area contributed by atoms with E-state index in [0.717, 1.165) is 29.8 Å². The highest BCUT2D eigenvalue weighted by Gasteiger charge is 2.32. The molecule has 0 saturated carbocycles. The number of alkyl halides is 1. The first-order valence-electron chi connectivity index (χ1n) is 10.7. The predicted octanol–water partition coefficient (Wildman–Crippen LogP) is 1.39. The van der Waals surface area contributed by atoms with Gasteiger partial charge in [-0.3, -0.25) is 9.18 Å². The molecule has 1 aliphatic carbocycles. The van der Waals surface area contributed by atoms with E-state index in [9.17, 15) is 9.18 Å². The van der Waals surface area contributed by atoms with Crippen molar-refractivity contribution in [2.24, 2.45) is 11.7 Å². The van der Waals surface area contributed by atoms with Gasteiger partial charge in [-0.05, 0) is 31.7 Å². The molecule has 3 unspecified atom stereocenters. The van der Waals surface area contributed by atoms with Crippen LogP contribution >= 0.6 is 11.3 Å². The van der Waals surface area contributed by atoms with Gasteiger partial charge >= 0.3 is 0 Å². The summed E-state index contributed by atoms with van der Waals surface area (Å²) in [7, 11) is 0. The molecular formula is C21H25FN8OS. The number of carbonyl (C=O) groups is 1. The lowest BCUT2D eigenvalue weighted by Crippen LogP contribution is -2.39. The number of nitrogens with two attached hydrogens (primary N) is 2. The number of nitrogens with one attached hydrogen (secondary N) is 1. The minimum Gasteiger partial charge on any atom is -0.396 e. The molecule has 9 nitrogen and oxygen atoms in total. The molecule has 3 aromatic heterocycles. The van der Waals surface area contributed by atoms with Crippen LogP contribution in [0.3, 0.4) is 0 Å². The van der Waals surface area contributed by atoms with Gasteiger partial charge in [0.25, 0.3) is 5.91 Å². The van der Waals surface area contributed by atoms with Crippen LogP contribution < -0.4 is 21.7 Å². The van der Waals surface area contributed by atoms with Crippen LogP contribution in [0.1, 0.15) is 33.0 Å². The second kappa shape index (κ2) is 8.21. The minimum atomic E-state index is -0.431. The molecule has 1 amide bonds. The third-order valence-corrected chi connectivity index (χ3v) is 7.30. The van der Waals surface area contributed by atoms with Crippen molar-refractivity contribution in [1.29, 1.82) is 0 Å². The third-order valence-electron chi connectivity index (χ3n) is 6.21. The lowest BCUT2D eigenvalue weighted by molar-refractivity contribution is 0.0938. The molecule has 11 heteroatoms. The topological polar surface area (TPSA) is 136 Å². The molecule has 3 atom stereocenters. The number of thiophene rings is 1. The second-order valence-corrected chi connectivity index (χ2v) is 9.55. The summed E-state index contributed by atoms with van der Waals surface area (Å²) in [6.07, 6.45) is 5.60.